The van der Waals surface area contributed by atoms with E-state index in [9.17, 15) is 24.5 Å². The number of thioether (sulfide) groups is 1. The minimum Gasteiger partial charge on any atom is -0.272 e. The third-order valence-electron chi connectivity index (χ3n) is 5.82. The second-order valence-corrected chi connectivity index (χ2v) is 9.01. The number of carbonyl (C=O) groups excluding carboxylic acids is 3. The van der Waals surface area contributed by atoms with E-state index in [2.05, 4.69) is 0 Å². The SMILES string of the molecule is O=C1/C(=C/c2ccc([N+](=O)[O-])cc2)SC(=S)N1N1C(=O)C2C3C=CC(C3)C2C1=O. The van der Waals surface area contributed by atoms with Gasteiger partial charge in [-0.3, -0.25) is 24.5 Å². The van der Waals surface area contributed by atoms with Gasteiger partial charge in [0.1, 0.15) is 0 Å². The lowest BCUT2D eigenvalue weighted by atomic mass is 9.85. The number of non-ortho nitro benzene ring substituents is 1. The number of allylic oxidation sites excluding steroid dienone is 2. The zero-order chi connectivity index (χ0) is 20.4. The summed E-state index contributed by atoms with van der Waals surface area (Å²) in [5.41, 5.74) is 0.520. The molecule has 2 aliphatic carbocycles. The molecule has 1 aromatic rings. The first-order valence-corrected chi connectivity index (χ1v) is 10.2. The average Bonchev–Trinajstić information content (AvgIpc) is 3.42. The number of hydrazine groups is 1. The first kappa shape index (κ1) is 18.2. The predicted molar refractivity (Wildman–Crippen MR) is 108 cm³/mol. The molecule has 10 heteroatoms. The van der Waals surface area contributed by atoms with E-state index in [1.54, 1.807) is 6.08 Å². The molecule has 1 saturated carbocycles. The van der Waals surface area contributed by atoms with E-state index in [0.29, 0.717) is 5.56 Å². The molecule has 1 aromatic carbocycles. The van der Waals surface area contributed by atoms with Gasteiger partial charge < -0.3 is 0 Å². The zero-order valence-corrected chi connectivity index (χ0v) is 16.4. The van der Waals surface area contributed by atoms with Crippen LogP contribution >= 0.6 is 24.0 Å². The second-order valence-electron chi connectivity index (χ2n) is 7.33. The molecule has 2 bridgehead atoms. The fraction of sp³-hybridized carbons (Fsp3) is 0.263. The van der Waals surface area contributed by atoms with E-state index in [1.165, 1.54) is 24.3 Å². The summed E-state index contributed by atoms with van der Waals surface area (Å²) in [6.07, 6.45) is 6.32. The summed E-state index contributed by atoms with van der Waals surface area (Å²) in [7, 11) is 0. The molecule has 5 rings (SSSR count). The normalized spacial score (nSPS) is 31.5. The molecule has 2 heterocycles. The van der Waals surface area contributed by atoms with Crippen molar-refractivity contribution in [1.82, 2.24) is 10.0 Å². The standard InChI is InChI=1S/C19H13N3O5S2/c23-16-13(7-9-1-5-12(6-2-9)22(26)27)29-19(28)21(16)20-17(24)14-10-3-4-11(8-10)15(14)18(20)25/h1-7,10-11,14-15H,8H2/b13-7-. The van der Waals surface area contributed by atoms with Crippen LogP contribution in [0.1, 0.15) is 12.0 Å². The van der Waals surface area contributed by atoms with Crippen molar-refractivity contribution in [3.05, 3.63) is 57.0 Å². The van der Waals surface area contributed by atoms with Crippen LogP contribution in [0.2, 0.25) is 0 Å². The maximum atomic E-state index is 13.0. The molecule has 0 N–H and O–H groups in total. The van der Waals surface area contributed by atoms with Gasteiger partial charge >= 0.3 is 0 Å². The number of nitrogens with zero attached hydrogens (tertiary/aromatic N) is 3. The third-order valence-corrected chi connectivity index (χ3v) is 7.10. The van der Waals surface area contributed by atoms with Crippen LogP contribution in [0, 0.1) is 33.8 Å². The Bertz CT molecular complexity index is 1030. The Balaban J connectivity index is 1.42. The summed E-state index contributed by atoms with van der Waals surface area (Å²) >= 11 is 6.29. The van der Waals surface area contributed by atoms with Crippen LogP contribution in [0.15, 0.2) is 41.3 Å². The number of imide groups is 1. The molecule has 0 aromatic heterocycles. The molecule has 4 unspecified atom stereocenters. The van der Waals surface area contributed by atoms with Gasteiger partial charge in [-0.2, -0.15) is 10.0 Å². The van der Waals surface area contributed by atoms with Crippen LogP contribution in [0.25, 0.3) is 6.08 Å². The van der Waals surface area contributed by atoms with Crippen molar-refractivity contribution in [3.63, 3.8) is 0 Å². The van der Waals surface area contributed by atoms with Gasteiger partial charge in [0.2, 0.25) is 0 Å². The van der Waals surface area contributed by atoms with Crippen molar-refractivity contribution in [1.29, 1.82) is 0 Å². The lowest BCUT2D eigenvalue weighted by Crippen LogP contribution is -2.49. The number of nitro groups is 1. The van der Waals surface area contributed by atoms with Crippen LogP contribution in [0.3, 0.4) is 0 Å². The van der Waals surface area contributed by atoms with E-state index in [1.807, 2.05) is 12.2 Å². The number of nitro benzene ring substituents is 1. The lowest BCUT2D eigenvalue weighted by Gasteiger charge is -2.25. The molecule has 0 radical (unpaired) electrons. The summed E-state index contributed by atoms with van der Waals surface area (Å²) in [6, 6.07) is 5.71. The van der Waals surface area contributed by atoms with Gasteiger partial charge in [0.15, 0.2) is 4.32 Å². The highest BCUT2D eigenvalue weighted by Crippen LogP contribution is 2.53. The highest BCUT2D eigenvalue weighted by Gasteiger charge is 2.62. The number of benzene rings is 1. The number of fused-ring (bicyclic) bond motifs is 5. The Hall–Kier alpha value is -2.85. The summed E-state index contributed by atoms with van der Waals surface area (Å²) in [5, 5.41) is 12.7. The Labute approximate surface area is 174 Å². The van der Waals surface area contributed by atoms with Gasteiger partial charge in [0, 0.05) is 12.1 Å². The number of amides is 3. The fourth-order valence-corrected chi connectivity index (χ4v) is 5.80. The molecule has 4 aliphatic rings. The Morgan fingerprint density at radius 3 is 2.17 bits per heavy atom. The quantitative estimate of drug-likeness (QED) is 0.182. The maximum absolute atomic E-state index is 13.0. The van der Waals surface area contributed by atoms with Crippen molar-refractivity contribution in [3.8, 4) is 0 Å². The molecule has 3 amide bonds. The van der Waals surface area contributed by atoms with Gasteiger partial charge in [-0.1, -0.05) is 23.9 Å². The minimum atomic E-state index is -0.541. The van der Waals surface area contributed by atoms with Crippen molar-refractivity contribution in [2.45, 2.75) is 6.42 Å². The van der Waals surface area contributed by atoms with Gasteiger partial charge in [-0.05, 0) is 54.2 Å². The van der Waals surface area contributed by atoms with Gasteiger partial charge in [0.05, 0.1) is 21.7 Å². The van der Waals surface area contributed by atoms with Gasteiger partial charge in [0.25, 0.3) is 23.4 Å². The smallest absolute Gasteiger partial charge is 0.272 e. The first-order chi connectivity index (χ1) is 13.9. The van der Waals surface area contributed by atoms with Gasteiger partial charge in [-0.15, -0.1) is 0 Å². The van der Waals surface area contributed by atoms with Crippen LogP contribution in [0.5, 0.6) is 0 Å². The van der Waals surface area contributed by atoms with Crippen LogP contribution in [-0.4, -0.2) is 37.0 Å². The Morgan fingerprint density at radius 1 is 1.03 bits per heavy atom. The summed E-state index contributed by atoms with van der Waals surface area (Å²) in [6.45, 7) is 0. The highest BCUT2D eigenvalue weighted by molar-refractivity contribution is 8.26. The van der Waals surface area contributed by atoms with Crippen molar-refractivity contribution >= 4 is 57.8 Å². The molecule has 146 valence electrons. The molecule has 29 heavy (non-hydrogen) atoms. The number of hydrogen-bond acceptors (Lipinski definition) is 7. The molecular formula is C19H13N3O5S2. The molecule has 3 fully saturated rings. The number of rotatable bonds is 3. The van der Waals surface area contributed by atoms with Crippen LogP contribution in [-0.2, 0) is 14.4 Å². The maximum Gasteiger partial charge on any atom is 0.285 e. The van der Waals surface area contributed by atoms with E-state index in [0.717, 1.165) is 28.2 Å². The summed E-state index contributed by atoms with van der Waals surface area (Å²) in [5.74, 6) is -2.03. The van der Waals surface area contributed by atoms with Gasteiger partial charge in [-0.25, -0.2) is 0 Å². The second kappa shape index (κ2) is 6.33. The molecule has 8 nitrogen and oxygen atoms in total. The van der Waals surface area contributed by atoms with Crippen molar-refractivity contribution in [2.75, 3.05) is 0 Å². The molecule has 2 aliphatic heterocycles. The van der Waals surface area contributed by atoms with Crippen LogP contribution in [0.4, 0.5) is 5.69 Å². The largest absolute Gasteiger partial charge is 0.285 e. The van der Waals surface area contributed by atoms with Crippen molar-refractivity contribution < 1.29 is 19.3 Å². The van der Waals surface area contributed by atoms with E-state index >= 15 is 0 Å². The monoisotopic (exact) mass is 427 g/mol. The zero-order valence-electron chi connectivity index (χ0n) is 14.8. The van der Waals surface area contributed by atoms with E-state index < -0.39 is 22.7 Å². The predicted octanol–water partition coefficient (Wildman–Crippen LogP) is 2.52. The minimum absolute atomic E-state index is 0.0421. The van der Waals surface area contributed by atoms with E-state index in [4.69, 9.17) is 12.2 Å². The number of thiocarbonyl (C=S) groups is 1. The Morgan fingerprint density at radius 2 is 1.62 bits per heavy atom. The molecule has 0 spiro atoms. The van der Waals surface area contributed by atoms with E-state index in [-0.39, 0.29) is 38.6 Å². The summed E-state index contributed by atoms with van der Waals surface area (Å²) in [4.78, 5) is 49.4. The van der Waals surface area contributed by atoms with Crippen LogP contribution < -0.4 is 0 Å². The fourth-order valence-electron chi connectivity index (χ4n) is 4.56. The lowest BCUT2D eigenvalue weighted by molar-refractivity contribution is -0.384. The molecule has 2 saturated heterocycles. The summed E-state index contributed by atoms with van der Waals surface area (Å²) < 4.78 is 0.116. The molecular weight excluding hydrogens is 414 g/mol. The third kappa shape index (κ3) is 2.59. The number of hydrogen-bond donors (Lipinski definition) is 0. The molecule has 4 atom stereocenters. The van der Waals surface area contributed by atoms with Crippen molar-refractivity contribution in [2.24, 2.45) is 23.7 Å². The topological polar surface area (TPSA) is 101 Å². The highest BCUT2D eigenvalue weighted by atomic mass is 32.2. The number of carbonyl (C=O) groups is 3. The Kier molecular flexibility index (Phi) is 3.97. The first-order valence-electron chi connectivity index (χ1n) is 8.95. The average molecular weight is 427 g/mol.